The molecule has 1 N–H and O–H groups in total. The van der Waals surface area contributed by atoms with E-state index in [1.165, 1.54) is 57.1 Å². The van der Waals surface area contributed by atoms with Gasteiger partial charge in [0.05, 0.1) is 16.3 Å². The lowest BCUT2D eigenvalue weighted by atomic mass is 10.1. The molecule has 0 amide bonds. The molecule has 0 radical (unpaired) electrons. The first-order valence-corrected chi connectivity index (χ1v) is 11.2. The van der Waals surface area contributed by atoms with Crippen molar-refractivity contribution in [1.82, 2.24) is 0 Å². The fourth-order valence-corrected chi connectivity index (χ4v) is 3.12. The lowest BCUT2D eigenvalue weighted by Crippen LogP contribution is -1.99. The molecule has 31 heavy (non-hydrogen) atoms. The summed E-state index contributed by atoms with van der Waals surface area (Å²) in [5.41, 5.74) is 4.51. The van der Waals surface area contributed by atoms with Crippen LogP contribution in [0.3, 0.4) is 0 Å². The maximum Gasteiger partial charge on any atom is 0.269 e. The molecule has 0 heterocycles. The van der Waals surface area contributed by atoms with Crippen molar-refractivity contribution in [2.75, 3.05) is 5.43 Å². The molecule has 0 saturated carbocycles. The summed E-state index contributed by atoms with van der Waals surface area (Å²) in [6.07, 6.45) is 12.0. The highest BCUT2D eigenvalue weighted by Gasteiger charge is 2.04. The summed E-state index contributed by atoms with van der Waals surface area (Å²) in [6.45, 7) is 2.24. The first-order chi connectivity index (χ1) is 15.2. The van der Waals surface area contributed by atoms with E-state index >= 15 is 0 Å². The van der Waals surface area contributed by atoms with Gasteiger partial charge in [-0.15, -0.1) is 10.2 Å². The lowest BCUT2D eigenvalue weighted by Gasteiger charge is -2.04. The second kappa shape index (κ2) is 14.8. The van der Waals surface area contributed by atoms with Gasteiger partial charge in [-0.25, -0.2) is 0 Å². The molecule has 0 aromatic heterocycles. The fraction of sp³-hybridized carbons (Fsp3) is 0.458. The van der Waals surface area contributed by atoms with Gasteiger partial charge in [0.15, 0.2) is 5.84 Å². The van der Waals surface area contributed by atoms with E-state index in [0.29, 0.717) is 11.5 Å². The zero-order chi connectivity index (χ0) is 22.2. The molecular weight excluding hydrogens is 390 g/mol. The number of hydrazone groups is 1. The summed E-state index contributed by atoms with van der Waals surface area (Å²) in [5.74, 6) is 0.616. The van der Waals surface area contributed by atoms with E-state index in [4.69, 9.17) is 0 Å². The molecule has 0 aliphatic heterocycles. The van der Waals surface area contributed by atoms with E-state index in [1.54, 1.807) is 12.1 Å². The second-order valence-electron chi connectivity index (χ2n) is 7.56. The quantitative estimate of drug-likeness (QED) is 0.0832. The Morgan fingerprint density at radius 1 is 0.871 bits per heavy atom. The Morgan fingerprint density at radius 3 is 2.10 bits per heavy atom. The van der Waals surface area contributed by atoms with Crippen LogP contribution in [0, 0.1) is 10.1 Å². The van der Waals surface area contributed by atoms with Gasteiger partial charge in [-0.05, 0) is 30.7 Å². The van der Waals surface area contributed by atoms with Crippen LogP contribution in [0.2, 0.25) is 0 Å². The largest absolute Gasteiger partial charge is 0.277 e. The van der Waals surface area contributed by atoms with Crippen molar-refractivity contribution in [3.8, 4) is 0 Å². The van der Waals surface area contributed by atoms with Gasteiger partial charge in [-0.3, -0.25) is 15.5 Å². The molecule has 166 valence electrons. The SMILES string of the molecule is CCCCCCCCCCCC(N=Nc1ccc([N+](=O)[O-])cc1)=NNc1ccccc1. The van der Waals surface area contributed by atoms with Gasteiger partial charge < -0.3 is 0 Å². The summed E-state index contributed by atoms with van der Waals surface area (Å²) >= 11 is 0. The second-order valence-corrected chi connectivity index (χ2v) is 7.56. The molecule has 0 unspecified atom stereocenters. The van der Waals surface area contributed by atoms with Crippen LogP contribution in [0.1, 0.15) is 71.1 Å². The minimum Gasteiger partial charge on any atom is -0.277 e. The van der Waals surface area contributed by atoms with E-state index in [9.17, 15) is 10.1 Å². The smallest absolute Gasteiger partial charge is 0.269 e. The topological polar surface area (TPSA) is 92.2 Å². The van der Waals surface area contributed by atoms with Crippen LogP contribution >= 0.6 is 0 Å². The number of non-ortho nitro benzene ring substituents is 1. The average molecular weight is 424 g/mol. The monoisotopic (exact) mass is 423 g/mol. The zero-order valence-electron chi connectivity index (χ0n) is 18.4. The van der Waals surface area contributed by atoms with Gasteiger partial charge in [-0.2, -0.15) is 5.10 Å². The summed E-state index contributed by atoms with van der Waals surface area (Å²) in [6, 6.07) is 15.7. The van der Waals surface area contributed by atoms with Crippen LogP contribution in [-0.4, -0.2) is 10.8 Å². The molecule has 2 aromatic rings. The molecule has 7 heteroatoms. The van der Waals surface area contributed by atoms with Crippen molar-refractivity contribution in [1.29, 1.82) is 0 Å². The fourth-order valence-electron chi connectivity index (χ4n) is 3.12. The number of anilines is 1. The normalized spacial score (nSPS) is 11.7. The lowest BCUT2D eigenvalue weighted by molar-refractivity contribution is -0.384. The van der Waals surface area contributed by atoms with Crippen molar-refractivity contribution in [2.24, 2.45) is 15.3 Å². The van der Waals surface area contributed by atoms with Gasteiger partial charge in [-0.1, -0.05) is 76.5 Å². The van der Waals surface area contributed by atoms with Crippen molar-refractivity contribution in [3.05, 3.63) is 64.7 Å². The van der Waals surface area contributed by atoms with E-state index in [-0.39, 0.29) is 5.69 Å². The van der Waals surface area contributed by atoms with Crippen molar-refractivity contribution in [3.63, 3.8) is 0 Å². The first kappa shape index (κ1) is 24.2. The maximum absolute atomic E-state index is 10.8. The summed E-state index contributed by atoms with van der Waals surface area (Å²) in [5, 5.41) is 23.7. The third-order valence-electron chi connectivity index (χ3n) is 4.93. The van der Waals surface area contributed by atoms with E-state index < -0.39 is 4.92 Å². The molecule has 0 saturated heterocycles. The van der Waals surface area contributed by atoms with Gasteiger partial charge in [0.2, 0.25) is 0 Å². The molecular formula is C24H33N5O2. The number of nitro groups is 1. The molecule has 2 rings (SSSR count). The Bertz CT molecular complexity index is 820. The molecule has 0 fully saturated rings. The van der Waals surface area contributed by atoms with Gasteiger partial charge >= 0.3 is 0 Å². The molecule has 0 aliphatic rings. The van der Waals surface area contributed by atoms with Crippen molar-refractivity contribution < 1.29 is 4.92 Å². The molecule has 2 aromatic carbocycles. The Balaban J connectivity index is 1.86. The molecule has 0 bridgehead atoms. The number of azo groups is 1. The van der Waals surface area contributed by atoms with E-state index in [1.807, 2.05) is 30.3 Å². The van der Waals surface area contributed by atoms with Crippen LogP contribution in [0.4, 0.5) is 17.1 Å². The minimum atomic E-state index is -0.429. The molecule has 0 spiro atoms. The number of amidine groups is 1. The minimum absolute atomic E-state index is 0.0354. The van der Waals surface area contributed by atoms with Gasteiger partial charge in [0, 0.05) is 18.6 Å². The highest BCUT2D eigenvalue weighted by molar-refractivity contribution is 5.83. The van der Waals surface area contributed by atoms with E-state index in [2.05, 4.69) is 27.7 Å². The number of benzene rings is 2. The summed E-state index contributed by atoms with van der Waals surface area (Å²) in [7, 11) is 0. The molecule has 0 aliphatic carbocycles. The van der Waals surface area contributed by atoms with E-state index in [0.717, 1.165) is 24.9 Å². The van der Waals surface area contributed by atoms with Crippen LogP contribution in [-0.2, 0) is 0 Å². The van der Waals surface area contributed by atoms with Gasteiger partial charge in [0.1, 0.15) is 0 Å². The zero-order valence-corrected chi connectivity index (χ0v) is 18.4. The number of hydrogen-bond donors (Lipinski definition) is 1. The summed E-state index contributed by atoms with van der Waals surface area (Å²) < 4.78 is 0. The van der Waals surface area contributed by atoms with Gasteiger partial charge in [0.25, 0.3) is 5.69 Å². The molecule has 0 atom stereocenters. The number of nitrogens with one attached hydrogen (secondary N) is 1. The first-order valence-electron chi connectivity index (χ1n) is 11.2. The number of para-hydroxylation sites is 1. The third kappa shape index (κ3) is 10.5. The number of nitrogens with zero attached hydrogens (tertiary/aromatic N) is 4. The predicted molar refractivity (Wildman–Crippen MR) is 127 cm³/mol. The highest BCUT2D eigenvalue weighted by Crippen LogP contribution is 2.19. The van der Waals surface area contributed by atoms with Crippen LogP contribution in [0.5, 0.6) is 0 Å². The Labute approximate surface area is 184 Å². The molecule has 7 nitrogen and oxygen atoms in total. The number of nitro benzene ring substituents is 1. The van der Waals surface area contributed by atoms with Crippen LogP contribution < -0.4 is 5.43 Å². The van der Waals surface area contributed by atoms with Crippen molar-refractivity contribution >= 4 is 22.9 Å². The summed E-state index contributed by atoms with van der Waals surface area (Å²) in [4.78, 5) is 10.4. The standard InChI is InChI=1S/C24H33N5O2/c1-2-3-4-5-6-7-8-9-13-16-24(27-25-21-14-11-10-12-15-21)28-26-22-17-19-23(20-18-22)29(30)31/h10-12,14-15,17-20,25H,2-9,13,16H2,1H3. The third-order valence-corrected chi connectivity index (χ3v) is 4.93. The predicted octanol–water partition coefficient (Wildman–Crippen LogP) is 8.03. The Hall–Kier alpha value is -3.09. The maximum atomic E-state index is 10.8. The number of hydrogen-bond acceptors (Lipinski definition) is 5. The average Bonchev–Trinajstić information content (AvgIpc) is 2.80. The Morgan fingerprint density at radius 2 is 1.48 bits per heavy atom. The van der Waals surface area contributed by atoms with Crippen molar-refractivity contribution in [2.45, 2.75) is 71.1 Å². The number of rotatable bonds is 14. The highest BCUT2D eigenvalue weighted by atomic mass is 16.6. The van der Waals surface area contributed by atoms with Crippen LogP contribution in [0.25, 0.3) is 0 Å². The number of unbranched alkanes of at least 4 members (excludes halogenated alkanes) is 8. The van der Waals surface area contributed by atoms with Crippen LogP contribution in [0.15, 0.2) is 69.9 Å². The Kier molecular flexibility index (Phi) is 11.6.